The topological polar surface area (TPSA) is 0 Å². The molecule has 0 spiro atoms. The molecule has 0 aliphatic carbocycles. The third-order valence-corrected chi connectivity index (χ3v) is 2.13. The largest absolute Gasteiger partial charge is 0.281 e. The molecule has 0 radical (unpaired) electrons. The monoisotopic (exact) mass is 202 g/mol. The second-order valence-corrected chi connectivity index (χ2v) is 3.58. The normalized spacial score (nSPS) is 9.33. The number of hydrogen-bond donors (Lipinski definition) is 0. The smallest absolute Gasteiger partial charge is 0.0304 e. The lowest BCUT2D eigenvalue weighted by Gasteiger charge is -2.08. The summed E-state index contributed by atoms with van der Waals surface area (Å²) in [4.78, 5) is 0. The molecule has 0 saturated heterocycles. The van der Waals surface area contributed by atoms with Crippen molar-refractivity contribution < 1.29 is 0 Å². The van der Waals surface area contributed by atoms with Crippen molar-refractivity contribution in [3.8, 4) is 0 Å². The Hall–Kier alpha value is -1.17. The molecule has 0 bridgehead atoms. The second kappa shape index (κ2) is 9.39. The summed E-state index contributed by atoms with van der Waals surface area (Å²) in [6, 6.07) is 0. The van der Waals surface area contributed by atoms with Gasteiger partial charge in [0, 0.05) is 6.92 Å². The van der Waals surface area contributed by atoms with Crippen molar-refractivity contribution >= 4 is 0 Å². The van der Waals surface area contributed by atoms with E-state index in [2.05, 4.69) is 39.2 Å². The average Bonchev–Trinajstić information content (AvgIpc) is 2.23. The van der Waals surface area contributed by atoms with Crippen molar-refractivity contribution in [2.75, 3.05) is 0 Å². The van der Waals surface area contributed by atoms with E-state index in [1.54, 1.807) is 0 Å². The van der Waals surface area contributed by atoms with E-state index in [0.29, 0.717) is 0 Å². The van der Waals surface area contributed by atoms with Gasteiger partial charge < -0.3 is 0 Å². The number of allylic oxidation sites excluding steroid dienone is 5. The molecule has 0 fully saturated rings. The highest BCUT2D eigenvalue weighted by Gasteiger charge is 1.92. The van der Waals surface area contributed by atoms with Crippen molar-refractivity contribution in [3.63, 3.8) is 0 Å². The van der Waals surface area contributed by atoms with Gasteiger partial charge in [-0.15, -0.1) is 25.3 Å². The predicted octanol–water partition coefficient (Wildman–Crippen LogP) is 4.83. The van der Waals surface area contributed by atoms with Crippen molar-refractivity contribution in [1.29, 1.82) is 0 Å². The van der Waals surface area contributed by atoms with E-state index in [-0.39, 0.29) is 0 Å². The molecule has 0 amide bonds. The summed E-state index contributed by atoms with van der Waals surface area (Å²) in [5.74, 6) is 0. The van der Waals surface area contributed by atoms with Crippen molar-refractivity contribution in [3.05, 3.63) is 62.5 Å². The van der Waals surface area contributed by atoms with E-state index in [0.717, 1.165) is 32.1 Å². The Kier molecular flexibility index (Phi) is 8.66. The Balaban J connectivity index is 4.00. The Bertz CT molecular complexity index is 218. The van der Waals surface area contributed by atoms with Crippen molar-refractivity contribution in [2.24, 2.45) is 0 Å². The highest BCUT2D eigenvalue weighted by Crippen LogP contribution is 2.14. The van der Waals surface area contributed by atoms with Gasteiger partial charge in [-0.25, -0.2) is 0 Å². The lowest BCUT2D eigenvalue weighted by Crippen LogP contribution is -1.84. The zero-order chi connectivity index (χ0) is 11.5. The van der Waals surface area contributed by atoms with Crippen LogP contribution in [0.2, 0.25) is 0 Å². The molecule has 0 N–H and O–H groups in total. The minimum absolute atomic E-state index is 0.870. The third kappa shape index (κ3) is 7.87. The first-order valence-electron chi connectivity index (χ1n) is 5.41. The molecule has 0 heterocycles. The maximum Gasteiger partial charge on any atom is 0.0304 e. The Morgan fingerprint density at radius 3 is 2.20 bits per heavy atom. The predicted molar refractivity (Wildman–Crippen MR) is 70.4 cm³/mol. The summed E-state index contributed by atoms with van der Waals surface area (Å²) in [6.07, 6.45) is 12.9. The van der Waals surface area contributed by atoms with Gasteiger partial charge in [0.15, 0.2) is 0 Å². The van der Waals surface area contributed by atoms with Crippen molar-refractivity contribution in [1.82, 2.24) is 0 Å². The quantitative estimate of drug-likeness (QED) is 0.371. The van der Waals surface area contributed by atoms with E-state index in [1.807, 2.05) is 12.2 Å². The average molecular weight is 202 g/mol. The minimum Gasteiger partial charge on any atom is -0.281 e. The minimum atomic E-state index is 0.870. The van der Waals surface area contributed by atoms with Gasteiger partial charge in [0.05, 0.1) is 0 Å². The first-order valence-corrected chi connectivity index (χ1v) is 5.41. The van der Waals surface area contributed by atoms with Crippen LogP contribution in [-0.4, -0.2) is 0 Å². The molecule has 0 unspecified atom stereocenters. The van der Waals surface area contributed by atoms with E-state index in [9.17, 15) is 0 Å². The lowest BCUT2D eigenvalue weighted by atomic mass is 10.0. The van der Waals surface area contributed by atoms with E-state index < -0.39 is 0 Å². The lowest BCUT2D eigenvalue weighted by molar-refractivity contribution is 0.984. The van der Waals surface area contributed by atoms with Crippen LogP contribution in [0, 0.1) is 13.3 Å². The van der Waals surface area contributed by atoms with Gasteiger partial charge >= 0.3 is 0 Å². The molecular formula is C15H22. The SMILES string of the molecule is C=CCC(=CCC(=C)C[CH-]C[CH2+])CC=C. The van der Waals surface area contributed by atoms with E-state index in [4.69, 9.17) is 0 Å². The van der Waals surface area contributed by atoms with Crippen LogP contribution in [0.15, 0.2) is 49.1 Å². The molecule has 0 aliphatic heterocycles. The van der Waals surface area contributed by atoms with Crippen LogP contribution in [0.5, 0.6) is 0 Å². The third-order valence-electron chi connectivity index (χ3n) is 2.13. The van der Waals surface area contributed by atoms with Crippen molar-refractivity contribution in [2.45, 2.75) is 32.1 Å². The van der Waals surface area contributed by atoms with E-state index in [1.165, 1.54) is 11.1 Å². The summed E-state index contributed by atoms with van der Waals surface area (Å²) < 4.78 is 0. The summed E-state index contributed by atoms with van der Waals surface area (Å²) in [6.45, 7) is 15.3. The fraction of sp³-hybridized carbons (Fsp3) is 0.333. The van der Waals surface area contributed by atoms with Gasteiger partial charge in [0.25, 0.3) is 0 Å². The fourth-order valence-corrected chi connectivity index (χ4v) is 1.30. The molecule has 0 aliphatic rings. The standard InChI is InChI=1S/C15H22/c1-5-8-11-14(4)12-13-15(9-6-2)10-7-3/h6-8,13H,1-5,9-12H2. The van der Waals surface area contributed by atoms with Gasteiger partial charge in [0.1, 0.15) is 0 Å². The van der Waals surface area contributed by atoms with Crippen LogP contribution in [-0.2, 0) is 0 Å². The maximum atomic E-state index is 4.03. The number of unbranched alkanes of at least 4 members (excludes halogenated alkanes) is 1. The Morgan fingerprint density at radius 2 is 1.73 bits per heavy atom. The molecule has 0 atom stereocenters. The molecule has 0 saturated carbocycles. The van der Waals surface area contributed by atoms with Crippen LogP contribution < -0.4 is 0 Å². The second-order valence-electron chi connectivity index (χ2n) is 3.58. The molecule has 15 heavy (non-hydrogen) atoms. The van der Waals surface area contributed by atoms with Gasteiger partial charge in [-0.3, -0.25) is 6.42 Å². The summed E-state index contributed by atoms with van der Waals surface area (Å²) in [5.41, 5.74) is 2.61. The molecule has 82 valence electrons. The first kappa shape index (κ1) is 13.8. The van der Waals surface area contributed by atoms with Crippen LogP contribution >= 0.6 is 0 Å². The summed E-state index contributed by atoms with van der Waals surface area (Å²) in [7, 11) is 0. The van der Waals surface area contributed by atoms with Crippen LogP contribution in [0.1, 0.15) is 32.1 Å². The van der Waals surface area contributed by atoms with Gasteiger partial charge in [-0.2, -0.15) is 6.42 Å². The molecule has 0 aromatic carbocycles. The van der Waals surface area contributed by atoms with Crippen LogP contribution in [0.25, 0.3) is 0 Å². The maximum absolute atomic E-state index is 4.03. The van der Waals surface area contributed by atoms with Gasteiger partial charge in [-0.05, 0) is 25.7 Å². The highest BCUT2D eigenvalue weighted by atomic mass is 14.0. The summed E-state index contributed by atoms with van der Waals surface area (Å²) in [5, 5.41) is 0. The Labute approximate surface area is 95.1 Å². The molecule has 0 heteroatoms. The molecule has 0 aromatic heterocycles. The van der Waals surface area contributed by atoms with Crippen LogP contribution in [0.3, 0.4) is 0 Å². The highest BCUT2D eigenvalue weighted by molar-refractivity contribution is 5.14. The van der Waals surface area contributed by atoms with Gasteiger partial charge in [0.2, 0.25) is 0 Å². The zero-order valence-electron chi connectivity index (χ0n) is 9.67. The van der Waals surface area contributed by atoms with E-state index >= 15 is 0 Å². The molecule has 0 aromatic rings. The first-order chi connectivity index (χ1) is 7.24. The fourth-order valence-electron chi connectivity index (χ4n) is 1.30. The molecule has 0 nitrogen and oxygen atoms in total. The molecular weight excluding hydrogens is 180 g/mol. The van der Waals surface area contributed by atoms with Gasteiger partial charge in [-0.1, -0.05) is 23.8 Å². The Morgan fingerprint density at radius 1 is 1.13 bits per heavy atom. The number of rotatable bonds is 9. The summed E-state index contributed by atoms with van der Waals surface area (Å²) >= 11 is 0. The number of hydrogen-bond acceptors (Lipinski definition) is 0. The van der Waals surface area contributed by atoms with Crippen LogP contribution in [0.4, 0.5) is 0 Å². The molecule has 0 rings (SSSR count). The zero-order valence-corrected chi connectivity index (χ0v) is 9.67.